The number of hydrogen-bond donors (Lipinski definition) is 0. The largest absolute Gasteiger partial charge is 0.455 e. The normalized spacial score (nSPS) is 21.8. The molecular weight excluding hydrogens is 817 g/mol. The summed E-state index contributed by atoms with van der Waals surface area (Å²) in [5.74, 6) is 0.586. The summed E-state index contributed by atoms with van der Waals surface area (Å²) in [7, 11) is 0. The lowest BCUT2D eigenvalue weighted by molar-refractivity contribution is 0.575. The Morgan fingerprint density at radius 3 is 2.42 bits per heavy atom. The summed E-state index contributed by atoms with van der Waals surface area (Å²) in [5.41, 5.74) is 14.1. The molecule has 0 radical (unpaired) electrons. The zero-order valence-electron chi connectivity index (χ0n) is 36.5. The van der Waals surface area contributed by atoms with E-state index < -0.39 is 0 Å². The molecule has 4 atom stereocenters. The van der Waals surface area contributed by atoms with Crippen molar-refractivity contribution in [1.29, 1.82) is 0 Å². The molecule has 4 aliphatic rings. The predicted molar refractivity (Wildman–Crippen MR) is 276 cm³/mol. The van der Waals surface area contributed by atoms with Gasteiger partial charge in [-0.05, 0) is 77.2 Å². The van der Waals surface area contributed by atoms with Gasteiger partial charge in [0.1, 0.15) is 11.0 Å². The number of nitrogens with zero attached hydrogens (tertiary/aromatic N) is 2. The van der Waals surface area contributed by atoms with E-state index in [0.29, 0.717) is 17.7 Å². The van der Waals surface area contributed by atoms with Gasteiger partial charge in [0.15, 0.2) is 0 Å². The number of rotatable bonds is 7. The van der Waals surface area contributed by atoms with Crippen LogP contribution in [0.2, 0.25) is 0 Å². The highest BCUT2D eigenvalue weighted by Crippen LogP contribution is 2.56. The highest BCUT2D eigenvalue weighted by molar-refractivity contribution is 8.01. The Hall–Kier alpha value is -6.40. The maximum atomic E-state index is 7.27. The van der Waals surface area contributed by atoms with Crippen molar-refractivity contribution >= 4 is 91.1 Å². The van der Waals surface area contributed by atoms with Crippen LogP contribution in [0.25, 0.3) is 56.2 Å². The third-order valence-electron chi connectivity index (χ3n) is 13.6. The highest BCUT2D eigenvalue weighted by Gasteiger charge is 2.42. The van der Waals surface area contributed by atoms with Gasteiger partial charge < -0.3 is 13.9 Å². The molecule has 314 valence electrons. The lowest BCUT2D eigenvalue weighted by atomic mass is 9.84. The van der Waals surface area contributed by atoms with E-state index in [1.807, 2.05) is 43.4 Å². The Morgan fingerprint density at radius 2 is 1.58 bits per heavy atom. The second-order valence-electron chi connectivity index (χ2n) is 16.7. The van der Waals surface area contributed by atoms with E-state index in [2.05, 4.69) is 206 Å². The number of benzene rings is 6. The van der Waals surface area contributed by atoms with E-state index in [1.165, 1.54) is 54.3 Å². The topological polar surface area (TPSA) is 21.3 Å². The molecule has 2 aromatic heterocycles. The fraction of sp³-hybridized carbons (Fsp3) is 0.153. The lowest BCUT2D eigenvalue weighted by Gasteiger charge is -2.28. The molecule has 0 amide bonds. The maximum Gasteiger partial charge on any atom is 0.145 e. The van der Waals surface area contributed by atoms with Gasteiger partial charge >= 0.3 is 0 Å². The van der Waals surface area contributed by atoms with Crippen LogP contribution in [-0.2, 0) is 0 Å². The van der Waals surface area contributed by atoms with E-state index in [0.717, 1.165) is 50.1 Å². The lowest BCUT2D eigenvalue weighted by Crippen LogP contribution is -2.25. The summed E-state index contributed by atoms with van der Waals surface area (Å²) in [6.45, 7) is 15.5. The summed E-state index contributed by atoms with van der Waals surface area (Å²) in [5, 5.41) is 4.89. The average Bonchev–Trinajstić information content (AvgIpc) is 4.16. The van der Waals surface area contributed by atoms with Gasteiger partial charge in [-0.1, -0.05) is 155 Å². The van der Waals surface area contributed by atoms with Crippen molar-refractivity contribution in [2.45, 2.75) is 58.8 Å². The Kier molecular flexibility index (Phi) is 10.3. The first kappa shape index (κ1) is 40.4. The zero-order chi connectivity index (χ0) is 43.5. The minimum atomic E-state index is -0.100. The first-order valence-electron chi connectivity index (χ1n) is 22.6. The molecule has 3 aliphatic heterocycles. The molecule has 6 aromatic carbocycles. The van der Waals surface area contributed by atoms with E-state index in [9.17, 15) is 0 Å². The monoisotopic (exact) mass is 866 g/mol. The number of para-hydroxylation sites is 2. The summed E-state index contributed by atoms with van der Waals surface area (Å²) in [6, 6.07) is 48.7. The van der Waals surface area contributed by atoms with Crippen molar-refractivity contribution < 1.29 is 4.42 Å². The van der Waals surface area contributed by atoms with Crippen LogP contribution in [0, 0.1) is 0 Å². The van der Waals surface area contributed by atoms with Crippen LogP contribution in [0.5, 0.6) is 0 Å². The molecular formula is C59H50N2OS2. The Bertz CT molecular complexity index is 3420. The maximum absolute atomic E-state index is 7.27. The molecule has 0 saturated heterocycles. The zero-order valence-corrected chi connectivity index (χ0v) is 38.1. The number of allylic oxidation sites excluding steroid dienone is 5. The van der Waals surface area contributed by atoms with Gasteiger partial charge in [-0.25, -0.2) is 0 Å². The van der Waals surface area contributed by atoms with Gasteiger partial charge in [-0.2, -0.15) is 0 Å². The fourth-order valence-electron chi connectivity index (χ4n) is 10.5. The molecule has 5 heterocycles. The van der Waals surface area contributed by atoms with Crippen LogP contribution in [0.1, 0.15) is 61.3 Å². The second kappa shape index (κ2) is 16.3. The summed E-state index contributed by atoms with van der Waals surface area (Å²) >= 11 is 3.92. The quantitative estimate of drug-likeness (QED) is 0.149. The predicted octanol–water partition coefficient (Wildman–Crippen LogP) is 14.8. The molecule has 0 saturated carbocycles. The van der Waals surface area contributed by atoms with E-state index in [-0.39, 0.29) is 10.7 Å². The molecule has 3 nitrogen and oxygen atoms in total. The molecule has 0 fully saturated rings. The summed E-state index contributed by atoms with van der Waals surface area (Å²) in [6.07, 6.45) is 19.0. The van der Waals surface area contributed by atoms with Crippen LogP contribution in [0.15, 0.2) is 197 Å². The van der Waals surface area contributed by atoms with Crippen molar-refractivity contribution in [1.82, 2.24) is 4.57 Å². The molecule has 64 heavy (non-hydrogen) atoms. The van der Waals surface area contributed by atoms with E-state index >= 15 is 0 Å². The molecule has 12 rings (SSSR count). The van der Waals surface area contributed by atoms with Crippen molar-refractivity contribution in [3.8, 4) is 0 Å². The molecule has 0 bridgehead atoms. The van der Waals surface area contributed by atoms with Crippen molar-refractivity contribution in [3.63, 3.8) is 0 Å². The molecule has 1 aliphatic carbocycles. The summed E-state index contributed by atoms with van der Waals surface area (Å²) in [4.78, 5) is 5.18. The molecule has 2 unspecified atom stereocenters. The number of fused-ring (bicyclic) bond motifs is 10. The van der Waals surface area contributed by atoms with Gasteiger partial charge in [0.25, 0.3) is 0 Å². The molecule has 5 heteroatoms. The van der Waals surface area contributed by atoms with E-state index in [4.69, 9.17) is 4.42 Å². The third kappa shape index (κ3) is 6.27. The van der Waals surface area contributed by atoms with Gasteiger partial charge in [-0.3, -0.25) is 0 Å². The minimum absolute atomic E-state index is 0.100. The molecule has 0 N–H and O–H groups in total. The Morgan fingerprint density at radius 1 is 0.797 bits per heavy atom. The third-order valence-corrected chi connectivity index (χ3v) is 16.6. The van der Waals surface area contributed by atoms with Crippen molar-refractivity contribution in [2.24, 2.45) is 0 Å². The first-order valence-corrected chi connectivity index (χ1v) is 24.3. The van der Waals surface area contributed by atoms with Crippen LogP contribution in [0.3, 0.4) is 0 Å². The number of anilines is 2. The second-order valence-corrected chi connectivity index (χ2v) is 19.3. The number of aromatic nitrogens is 1. The Balaban J connectivity index is 0.00000225. The Labute approximate surface area is 384 Å². The highest BCUT2D eigenvalue weighted by atomic mass is 32.2. The molecule has 8 aromatic rings. The van der Waals surface area contributed by atoms with Crippen LogP contribution >= 0.6 is 23.5 Å². The van der Waals surface area contributed by atoms with Crippen LogP contribution in [-0.4, -0.2) is 21.1 Å². The average molecular weight is 867 g/mol. The minimum Gasteiger partial charge on any atom is -0.455 e. The van der Waals surface area contributed by atoms with Crippen LogP contribution < -0.4 is 15.5 Å². The summed E-state index contributed by atoms with van der Waals surface area (Å²) < 4.78 is 9.53. The van der Waals surface area contributed by atoms with Crippen molar-refractivity contribution in [3.05, 3.63) is 216 Å². The van der Waals surface area contributed by atoms with Gasteiger partial charge in [0, 0.05) is 76.3 Å². The number of thioether (sulfide) groups is 2. The standard InChI is InChI=1S/C57H44N2OS2.C2H6/c1-4-16-41-42-28-29-50-54(44-22-8-12-24-49(44)58(50)32-31-47-43-21-10-14-26-53(43)62-57(47,5-2)6-3)56(42)60-55(41)46-35-59(48-23-11-7-19-39(46)48)38-18-15-17-36(33-38)37-27-30-52-45(34-37)40-20-9-13-25-51(40)61-52;1-2/h4-5,7-34,45,47,52H,1-2,6,35H2,3H3;1-2H3/b32-31+,41-16-,55-46-;/t45-,47?,52?,57+;/m0./s1. The van der Waals surface area contributed by atoms with Crippen molar-refractivity contribution in [2.75, 3.05) is 11.4 Å². The van der Waals surface area contributed by atoms with Gasteiger partial charge in [-0.15, -0.1) is 30.1 Å². The fourth-order valence-corrected chi connectivity index (χ4v) is 13.3. The number of hydrogen-bond acceptors (Lipinski definition) is 4. The van der Waals surface area contributed by atoms with E-state index in [1.54, 1.807) is 0 Å². The van der Waals surface area contributed by atoms with Crippen LogP contribution in [0.4, 0.5) is 11.4 Å². The number of furan rings is 1. The first-order chi connectivity index (χ1) is 31.6. The SMILES string of the molecule is C=C/C=c1\c(=C2/CN(c3cccc(C4=C[C@H]5c6ccccc6SC5C=C4)c3)c3ccccc32)oc2c1ccc1c2c2ccccc2n1/C=C/C1c2ccccc2S[C@]1(C=C)CC.CC. The van der Waals surface area contributed by atoms with Gasteiger partial charge in [0.2, 0.25) is 0 Å². The molecule has 0 spiro atoms. The van der Waals surface area contributed by atoms with Gasteiger partial charge in [0.05, 0.1) is 23.0 Å². The smallest absolute Gasteiger partial charge is 0.145 e.